The van der Waals surface area contributed by atoms with Crippen LogP contribution in [0.15, 0.2) is 34.3 Å². The Hall–Kier alpha value is -2.37. The molecule has 1 N–H and O–H groups in total. The second kappa shape index (κ2) is 8.83. The van der Waals surface area contributed by atoms with Gasteiger partial charge in [-0.1, -0.05) is 32.1 Å². The summed E-state index contributed by atoms with van der Waals surface area (Å²) in [5.41, 5.74) is 0.411. The lowest BCUT2D eigenvalue weighted by atomic mass is 9.83. The maximum atomic E-state index is 12.8. The normalized spacial score (nSPS) is 19.9. The summed E-state index contributed by atoms with van der Waals surface area (Å²) in [5.74, 6) is -2.00. The number of allylic oxidation sites excluding steroid dienone is 3. The number of hydrogen-bond acceptors (Lipinski definition) is 5. The molecule has 0 atom stereocenters. The summed E-state index contributed by atoms with van der Waals surface area (Å²) in [6.07, 6.45) is 7.12. The highest BCUT2D eigenvalue weighted by molar-refractivity contribution is 6.24. The molecule has 142 valence electrons. The van der Waals surface area contributed by atoms with Gasteiger partial charge in [0.15, 0.2) is 0 Å². The summed E-state index contributed by atoms with van der Waals surface area (Å²) in [6.45, 7) is 3.41. The Morgan fingerprint density at radius 2 is 1.81 bits per heavy atom. The van der Waals surface area contributed by atoms with E-state index >= 15 is 0 Å². The van der Waals surface area contributed by atoms with E-state index in [9.17, 15) is 19.5 Å². The molecule has 0 amide bonds. The summed E-state index contributed by atoms with van der Waals surface area (Å²) >= 11 is 0. The molecule has 0 aromatic rings. The zero-order chi connectivity index (χ0) is 19.3. The smallest absolute Gasteiger partial charge is 0.331 e. The van der Waals surface area contributed by atoms with Crippen molar-refractivity contribution in [2.24, 2.45) is 5.92 Å². The molecule has 0 aromatic heterocycles. The summed E-state index contributed by atoms with van der Waals surface area (Å²) in [4.78, 5) is 37.0. The molecule has 1 fully saturated rings. The zero-order valence-electron chi connectivity index (χ0n) is 15.6. The van der Waals surface area contributed by atoms with Crippen molar-refractivity contribution < 1.29 is 29.0 Å². The topological polar surface area (TPSA) is 89.9 Å². The van der Waals surface area contributed by atoms with E-state index in [0.717, 1.165) is 25.7 Å². The fourth-order valence-corrected chi connectivity index (χ4v) is 3.51. The molecule has 0 heterocycles. The number of aliphatic carboxylic acids is 1. The molecule has 0 radical (unpaired) electrons. The molecule has 0 aliphatic heterocycles. The molecule has 6 heteroatoms. The van der Waals surface area contributed by atoms with Crippen LogP contribution in [0.2, 0.25) is 0 Å². The molecule has 0 saturated heterocycles. The Labute approximate surface area is 153 Å². The molecule has 6 nitrogen and oxygen atoms in total. The van der Waals surface area contributed by atoms with E-state index in [1.165, 1.54) is 26.5 Å². The fraction of sp³-hybridized carbons (Fsp3) is 0.550. The van der Waals surface area contributed by atoms with E-state index < -0.39 is 17.5 Å². The first kappa shape index (κ1) is 19.9. The van der Waals surface area contributed by atoms with E-state index in [4.69, 9.17) is 9.47 Å². The minimum atomic E-state index is -1.06. The van der Waals surface area contributed by atoms with Crippen molar-refractivity contribution in [3.05, 3.63) is 34.3 Å². The van der Waals surface area contributed by atoms with E-state index in [0.29, 0.717) is 12.3 Å². The van der Waals surface area contributed by atoms with Gasteiger partial charge in [0.1, 0.15) is 0 Å². The molecule has 0 unspecified atom stereocenters. The van der Waals surface area contributed by atoms with E-state index in [2.05, 4.69) is 0 Å². The number of Topliss-reactive ketones (excluding diaryl/α,β-unsaturated/α-hetero) is 2. The van der Waals surface area contributed by atoms with Crippen molar-refractivity contribution in [3.63, 3.8) is 0 Å². The number of methoxy groups -OCH3 is 1. The Bertz CT molecular complexity index is 689. The van der Waals surface area contributed by atoms with Crippen LogP contribution in [-0.4, -0.2) is 36.4 Å². The van der Waals surface area contributed by atoms with Crippen LogP contribution < -0.4 is 0 Å². The molecule has 2 aliphatic carbocycles. The van der Waals surface area contributed by atoms with Crippen molar-refractivity contribution in [3.8, 4) is 0 Å². The van der Waals surface area contributed by atoms with Gasteiger partial charge in [-0.3, -0.25) is 9.59 Å². The maximum Gasteiger partial charge on any atom is 0.331 e. The number of ketones is 2. The Kier molecular flexibility index (Phi) is 6.77. The first-order valence-electron chi connectivity index (χ1n) is 9.05. The van der Waals surface area contributed by atoms with Crippen LogP contribution in [0.4, 0.5) is 0 Å². The average molecular weight is 362 g/mol. The molecular weight excluding hydrogens is 336 g/mol. The lowest BCUT2D eigenvalue weighted by molar-refractivity contribution is -0.133. The first-order chi connectivity index (χ1) is 12.4. The molecule has 0 spiro atoms. The second-order valence-electron chi connectivity index (χ2n) is 6.68. The Balaban J connectivity index is 2.38. The fourth-order valence-electron chi connectivity index (χ4n) is 3.51. The lowest BCUT2D eigenvalue weighted by Crippen LogP contribution is -2.25. The van der Waals surface area contributed by atoms with Crippen LogP contribution in [0.5, 0.6) is 0 Å². The van der Waals surface area contributed by atoms with Crippen LogP contribution in [0, 0.1) is 5.92 Å². The highest BCUT2D eigenvalue weighted by Gasteiger charge is 2.34. The van der Waals surface area contributed by atoms with Gasteiger partial charge in [0.25, 0.3) is 0 Å². The lowest BCUT2D eigenvalue weighted by Gasteiger charge is -2.23. The van der Waals surface area contributed by atoms with Crippen LogP contribution in [0.1, 0.15) is 52.4 Å². The molecule has 2 rings (SSSR count). The summed E-state index contributed by atoms with van der Waals surface area (Å²) in [5, 5.41) is 9.59. The van der Waals surface area contributed by atoms with Gasteiger partial charge >= 0.3 is 5.97 Å². The number of carboxylic acid groups (broad SMARTS) is 1. The summed E-state index contributed by atoms with van der Waals surface area (Å²) in [6, 6.07) is 0. The summed E-state index contributed by atoms with van der Waals surface area (Å²) < 4.78 is 10.4. The van der Waals surface area contributed by atoms with E-state index in [1.54, 1.807) is 6.92 Å². The van der Waals surface area contributed by atoms with Gasteiger partial charge < -0.3 is 14.6 Å². The van der Waals surface area contributed by atoms with Crippen LogP contribution >= 0.6 is 0 Å². The first-order valence-corrected chi connectivity index (χ1v) is 9.05. The Morgan fingerprint density at radius 3 is 2.35 bits per heavy atom. The van der Waals surface area contributed by atoms with Crippen LogP contribution in [-0.2, 0) is 23.9 Å². The second-order valence-corrected chi connectivity index (χ2v) is 6.68. The standard InChI is InChI=1S/C20H26O6/c1-4-26-19-17(22)15(12(2)16(21)18(19)25-3)11-14(20(23)24)10-13-8-6-5-7-9-13/h11,13H,4-10H2,1-3H3,(H,23,24)/b14-11-. The SMILES string of the molecule is CCOC1=C(OC)C(=O)C(C)=C(/C=C(/CC2CCCCC2)C(=O)O)C1=O. The summed E-state index contributed by atoms with van der Waals surface area (Å²) in [7, 11) is 1.30. The van der Waals surface area contributed by atoms with Crippen molar-refractivity contribution >= 4 is 17.5 Å². The van der Waals surface area contributed by atoms with Gasteiger partial charge in [0.2, 0.25) is 23.1 Å². The van der Waals surface area contributed by atoms with Crippen molar-refractivity contribution in [2.75, 3.05) is 13.7 Å². The predicted molar refractivity (Wildman–Crippen MR) is 95.3 cm³/mol. The largest absolute Gasteiger partial charge is 0.489 e. The monoisotopic (exact) mass is 362 g/mol. The van der Waals surface area contributed by atoms with Gasteiger partial charge in [-0.25, -0.2) is 4.79 Å². The van der Waals surface area contributed by atoms with Crippen molar-refractivity contribution in [1.82, 2.24) is 0 Å². The number of hydrogen-bond donors (Lipinski definition) is 1. The quantitative estimate of drug-likeness (QED) is 0.552. The van der Waals surface area contributed by atoms with Gasteiger partial charge in [0, 0.05) is 16.7 Å². The zero-order valence-corrected chi connectivity index (χ0v) is 15.6. The Morgan fingerprint density at radius 1 is 1.15 bits per heavy atom. The average Bonchev–Trinajstić information content (AvgIpc) is 2.63. The van der Waals surface area contributed by atoms with Gasteiger partial charge in [-0.2, -0.15) is 0 Å². The molecule has 0 aromatic carbocycles. The van der Waals surface area contributed by atoms with Gasteiger partial charge in [-0.05, 0) is 32.3 Å². The molecule has 1 saturated carbocycles. The minimum Gasteiger partial charge on any atom is -0.489 e. The van der Waals surface area contributed by atoms with Gasteiger partial charge in [0.05, 0.1) is 13.7 Å². The highest BCUT2D eigenvalue weighted by Crippen LogP contribution is 2.32. The third kappa shape index (κ3) is 4.23. The number of rotatable bonds is 7. The molecule has 0 bridgehead atoms. The van der Waals surface area contributed by atoms with E-state index in [1.807, 2.05) is 0 Å². The van der Waals surface area contributed by atoms with Crippen LogP contribution in [0.25, 0.3) is 0 Å². The number of carbonyl (C=O) groups is 3. The molecule has 2 aliphatic rings. The molecule has 26 heavy (non-hydrogen) atoms. The molecular formula is C20H26O6. The number of ether oxygens (including phenoxy) is 2. The predicted octanol–water partition coefficient (Wildman–Crippen LogP) is 3.33. The number of carbonyl (C=O) groups excluding carboxylic acids is 2. The highest BCUT2D eigenvalue weighted by atomic mass is 16.5. The minimum absolute atomic E-state index is 0.0764. The third-order valence-corrected chi connectivity index (χ3v) is 4.93. The third-order valence-electron chi connectivity index (χ3n) is 4.93. The van der Waals surface area contributed by atoms with Crippen molar-refractivity contribution in [2.45, 2.75) is 52.4 Å². The maximum absolute atomic E-state index is 12.8. The van der Waals surface area contributed by atoms with Crippen molar-refractivity contribution in [1.29, 1.82) is 0 Å². The van der Waals surface area contributed by atoms with E-state index in [-0.39, 0.29) is 34.8 Å². The number of carboxylic acids is 1. The van der Waals surface area contributed by atoms with Crippen LogP contribution in [0.3, 0.4) is 0 Å². The van der Waals surface area contributed by atoms with Gasteiger partial charge in [-0.15, -0.1) is 0 Å².